The number of unbranched alkanes of at least 4 members (excludes halogenated alkanes) is 3. The third-order valence-corrected chi connectivity index (χ3v) is 6.10. The van der Waals surface area contributed by atoms with Crippen LogP contribution in [-0.4, -0.2) is 35.0 Å². The normalized spacial score (nSPS) is 12.2. The van der Waals surface area contributed by atoms with Crippen molar-refractivity contribution in [2.24, 2.45) is 0 Å². The number of hydrogen-bond donors (Lipinski definition) is 1. The van der Waals surface area contributed by atoms with Crippen molar-refractivity contribution in [2.45, 2.75) is 90.5 Å². The van der Waals surface area contributed by atoms with Gasteiger partial charge in [0.05, 0.1) is 0 Å². The van der Waals surface area contributed by atoms with Crippen LogP contribution in [0.2, 0.25) is 12.1 Å². The van der Waals surface area contributed by atoms with Crippen LogP contribution in [0.25, 0.3) is 0 Å². The van der Waals surface area contributed by atoms with Crippen molar-refractivity contribution in [3.05, 3.63) is 0 Å². The lowest BCUT2D eigenvalue weighted by molar-refractivity contribution is 0.0000461. The van der Waals surface area contributed by atoms with Crippen molar-refractivity contribution in [1.82, 2.24) is 0 Å². The zero-order valence-electron chi connectivity index (χ0n) is 15.5. The van der Waals surface area contributed by atoms with Gasteiger partial charge in [0.15, 0.2) is 0 Å². The maximum absolute atomic E-state index is 11.0. The van der Waals surface area contributed by atoms with Gasteiger partial charge in [0.25, 0.3) is 0 Å². The molecule has 0 aromatic heterocycles. The molecule has 129 valence electrons. The number of rotatable bonds is 10. The molecule has 0 aliphatic heterocycles. The molecule has 0 amide bonds. The van der Waals surface area contributed by atoms with E-state index in [1.807, 2.05) is 27.7 Å². The molecule has 0 rings (SSSR count). The summed E-state index contributed by atoms with van der Waals surface area (Å²) < 4.78 is 12.0. The van der Waals surface area contributed by atoms with Crippen LogP contribution in [-0.2, 0) is 8.85 Å². The van der Waals surface area contributed by atoms with E-state index in [0.717, 1.165) is 31.7 Å². The fourth-order valence-corrected chi connectivity index (χ4v) is 5.29. The molecule has 0 atom stereocenters. The second-order valence-electron chi connectivity index (χ2n) is 6.60. The van der Waals surface area contributed by atoms with Gasteiger partial charge in [-0.15, -0.1) is 11.8 Å². The third-order valence-electron chi connectivity index (χ3n) is 3.10. The Labute approximate surface area is 147 Å². The van der Waals surface area contributed by atoms with Gasteiger partial charge in [-0.2, -0.15) is 0 Å². The Morgan fingerprint density at radius 1 is 0.870 bits per heavy atom. The van der Waals surface area contributed by atoms with E-state index < -0.39 is 20.0 Å². The smallest absolute Gasteiger partial charge is 0.390 e. The Hall–Kier alpha value is -0.566. The first-order valence-corrected chi connectivity index (χ1v) is 10.9. The van der Waals surface area contributed by atoms with Crippen LogP contribution >= 0.6 is 0 Å². The second-order valence-corrected chi connectivity index (χ2v) is 9.44. The summed E-state index contributed by atoms with van der Waals surface area (Å²) in [5.41, 5.74) is -1.47. The quantitative estimate of drug-likeness (QED) is 0.370. The predicted molar refractivity (Wildman–Crippen MR) is 99.0 cm³/mol. The first-order chi connectivity index (χ1) is 10.6. The Morgan fingerprint density at radius 3 is 1.70 bits per heavy atom. The summed E-state index contributed by atoms with van der Waals surface area (Å²) in [6.45, 7) is 10.9. The topological polar surface area (TPSA) is 38.7 Å². The Bertz CT molecular complexity index is 430. The van der Waals surface area contributed by atoms with Gasteiger partial charge in [0.2, 0.25) is 0 Å². The minimum Gasteiger partial charge on any atom is -0.390 e. The van der Waals surface area contributed by atoms with E-state index in [-0.39, 0.29) is 0 Å². The van der Waals surface area contributed by atoms with Gasteiger partial charge in [0.1, 0.15) is 11.2 Å². The highest BCUT2D eigenvalue weighted by Gasteiger charge is 2.45. The highest BCUT2D eigenvalue weighted by Crippen LogP contribution is 2.27. The zero-order valence-corrected chi connectivity index (χ0v) is 17.5. The first-order valence-electron chi connectivity index (χ1n) is 8.25. The van der Waals surface area contributed by atoms with E-state index in [1.54, 1.807) is 13.8 Å². The molecule has 0 aliphatic rings. The van der Waals surface area contributed by atoms with E-state index in [4.69, 9.17) is 8.85 Å². The fraction of sp³-hybridized carbons (Fsp3) is 0.778. The SMILES string of the molecule is CC#CC(C)(C)O[Si](O)(CCCCCC[Si])OC(C)(C)C#CC. The van der Waals surface area contributed by atoms with E-state index in [0.29, 0.717) is 6.04 Å². The fourth-order valence-electron chi connectivity index (χ4n) is 2.40. The molecular formula is C18H31O3Si2. The highest BCUT2D eigenvalue weighted by atomic mass is 28.4. The largest absolute Gasteiger partial charge is 0.500 e. The van der Waals surface area contributed by atoms with Crippen molar-refractivity contribution in [3.63, 3.8) is 0 Å². The molecule has 0 aromatic rings. The maximum atomic E-state index is 11.0. The van der Waals surface area contributed by atoms with Crippen LogP contribution in [0.15, 0.2) is 0 Å². The average molecular weight is 352 g/mol. The van der Waals surface area contributed by atoms with Crippen LogP contribution < -0.4 is 0 Å². The molecule has 0 aromatic carbocycles. The summed E-state index contributed by atoms with van der Waals surface area (Å²) in [6.07, 6.45) is 4.19. The third kappa shape index (κ3) is 10.8. The van der Waals surface area contributed by atoms with Gasteiger partial charge in [-0.3, -0.25) is 0 Å². The van der Waals surface area contributed by atoms with E-state index in [9.17, 15) is 4.80 Å². The molecule has 0 saturated heterocycles. The van der Waals surface area contributed by atoms with Gasteiger partial charge >= 0.3 is 8.80 Å². The molecule has 23 heavy (non-hydrogen) atoms. The molecule has 0 aliphatic carbocycles. The molecular weight excluding hydrogens is 320 g/mol. The predicted octanol–water partition coefficient (Wildman–Crippen LogP) is 3.70. The van der Waals surface area contributed by atoms with E-state index in [1.165, 1.54) is 0 Å². The van der Waals surface area contributed by atoms with Gasteiger partial charge in [0, 0.05) is 16.3 Å². The van der Waals surface area contributed by atoms with Gasteiger partial charge in [-0.25, -0.2) is 0 Å². The number of hydrogen-bond acceptors (Lipinski definition) is 3. The van der Waals surface area contributed by atoms with Crippen molar-refractivity contribution >= 4 is 19.0 Å². The highest BCUT2D eigenvalue weighted by molar-refractivity contribution is 6.59. The van der Waals surface area contributed by atoms with Crippen LogP contribution in [0, 0.1) is 23.7 Å². The van der Waals surface area contributed by atoms with Crippen molar-refractivity contribution in [2.75, 3.05) is 0 Å². The van der Waals surface area contributed by atoms with Crippen molar-refractivity contribution in [1.29, 1.82) is 0 Å². The second kappa shape index (κ2) is 10.3. The summed E-state index contributed by atoms with van der Waals surface area (Å²) in [4.78, 5) is 11.0. The Morgan fingerprint density at radius 2 is 1.30 bits per heavy atom. The van der Waals surface area contributed by atoms with Crippen LogP contribution in [0.5, 0.6) is 0 Å². The van der Waals surface area contributed by atoms with Gasteiger partial charge in [-0.05, 0) is 48.0 Å². The standard InChI is InChI=1S/C18H31O3Si2/c1-7-13-17(3,4)20-23(19,16-12-10-9-11-15-22)21-18(5,6)14-8-2/h19H,9-12,15-16H2,1-6H3. The molecule has 0 heterocycles. The lowest BCUT2D eigenvalue weighted by Crippen LogP contribution is -2.52. The molecule has 5 heteroatoms. The summed E-state index contributed by atoms with van der Waals surface area (Å²) in [5, 5.41) is 0. The molecule has 0 spiro atoms. The summed E-state index contributed by atoms with van der Waals surface area (Å²) in [7, 11) is 0.109. The van der Waals surface area contributed by atoms with Crippen LogP contribution in [0.1, 0.15) is 67.2 Å². The van der Waals surface area contributed by atoms with Crippen LogP contribution in [0.4, 0.5) is 0 Å². The first kappa shape index (κ1) is 22.4. The molecule has 0 bridgehead atoms. The van der Waals surface area contributed by atoms with E-state index in [2.05, 4.69) is 33.9 Å². The Kier molecular flexibility index (Phi) is 10.1. The lowest BCUT2D eigenvalue weighted by Gasteiger charge is -2.35. The zero-order chi connectivity index (χ0) is 18.0. The lowest BCUT2D eigenvalue weighted by atomic mass is 10.1. The summed E-state index contributed by atoms with van der Waals surface area (Å²) >= 11 is 0. The minimum absolute atomic E-state index is 0.526. The molecule has 0 unspecified atom stereocenters. The van der Waals surface area contributed by atoms with E-state index >= 15 is 0 Å². The summed E-state index contributed by atoms with van der Waals surface area (Å²) in [5.74, 6) is 11.7. The molecule has 0 saturated carbocycles. The van der Waals surface area contributed by atoms with Crippen LogP contribution in [0.3, 0.4) is 0 Å². The summed E-state index contributed by atoms with van der Waals surface area (Å²) in [6, 6.07) is 1.53. The molecule has 3 nitrogen and oxygen atoms in total. The maximum Gasteiger partial charge on any atom is 0.500 e. The van der Waals surface area contributed by atoms with Crippen molar-refractivity contribution < 1.29 is 13.6 Å². The van der Waals surface area contributed by atoms with Gasteiger partial charge < -0.3 is 13.6 Å². The van der Waals surface area contributed by atoms with Gasteiger partial charge in [-0.1, -0.05) is 37.1 Å². The monoisotopic (exact) mass is 351 g/mol. The van der Waals surface area contributed by atoms with Crippen molar-refractivity contribution in [3.8, 4) is 23.7 Å². The minimum atomic E-state index is -3.37. The molecule has 0 fully saturated rings. The average Bonchev–Trinajstić information content (AvgIpc) is 2.36. The molecule has 1 N–H and O–H groups in total. The Balaban J connectivity index is 5.01. The molecule has 3 radical (unpaired) electrons.